The summed E-state index contributed by atoms with van der Waals surface area (Å²) in [4.78, 5) is 0.648. The van der Waals surface area contributed by atoms with Crippen LogP contribution in [0.3, 0.4) is 0 Å². The Kier molecular flexibility index (Phi) is 5.07. The van der Waals surface area contributed by atoms with Crippen molar-refractivity contribution in [3.63, 3.8) is 0 Å². The minimum atomic E-state index is -1.12. The Hall–Kier alpha value is -0.0900. The van der Waals surface area contributed by atoms with E-state index in [-0.39, 0.29) is 5.25 Å². The van der Waals surface area contributed by atoms with Gasteiger partial charge in [0.05, 0.1) is 20.7 Å². The molecule has 1 aromatic rings. The van der Waals surface area contributed by atoms with Crippen LogP contribution in [0, 0.1) is 5.92 Å². The van der Waals surface area contributed by atoms with Gasteiger partial charge in [-0.25, -0.2) is 0 Å². The molecule has 1 aliphatic carbocycles. The molecule has 0 saturated heterocycles. The van der Waals surface area contributed by atoms with Gasteiger partial charge in [0.1, 0.15) is 0 Å². The van der Waals surface area contributed by atoms with Gasteiger partial charge in [0.25, 0.3) is 0 Å². The molecule has 2 rings (SSSR count). The van der Waals surface area contributed by atoms with Gasteiger partial charge in [0.15, 0.2) is 0 Å². The normalized spacial score (nSPS) is 25.9. The Morgan fingerprint density at radius 1 is 1.28 bits per heavy atom. The van der Waals surface area contributed by atoms with Gasteiger partial charge in [0.2, 0.25) is 0 Å². The summed E-state index contributed by atoms with van der Waals surface area (Å²) in [5, 5.41) is 1.21. The van der Waals surface area contributed by atoms with Crippen molar-refractivity contribution in [1.82, 2.24) is 0 Å². The number of rotatable bonds is 3. The quantitative estimate of drug-likeness (QED) is 0.927. The molecule has 18 heavy (non-hydrogen) atoms. The highest BCUT2D eigenvalue weighted by Crippen LogP contribution is 2.33. The zero-order chi connectivity index (χ0) is 13.1. The molecular formula is C13H17Cl2NOS. The van der Waals surface area contributed by atoms with Crippen LogP contribution in [0.15, 0.2) is 23.1 Å². The smallest absolute Gasteiger partial charge is 0.0592 e. The first kappa shape index (κ1) is 14.3. The molecule has 2 N–H and O–H groups in total. The molecular weight excluding hydrogens is 289 g/mol. The Morgan fingerprint density at radius 3 is 2.72 bits per heavy atom. The maximum absolute atomic E-state index is 12.7. The van der Waals surface area contributed by atoms with Crippen LogP contribution >= 0.6 is 23.2 Å². The predicted octanol–water partition coefficient (Wildman–Crippen LogP) is 3.62. The van der Waals surface area contributed by atoms with Crippen molar-refractivity contribution < 1.29 is 4.21 Å². The number of hydrogen-bond donors (Lipinski definition) is 1. The number of nitrogens with two attached hydrogens (primary N) is 1. The molecule has 1 fully saturated rings. The Morgan fingerprint density at radius 2 is 2.00 bits per heavy atom. The summed E-state index contributed by atoms with van der Waals surface area (Å²) in [7, 11) is -1.12. The SMILES string of the molecule is NCC1CCCCC1S(=O)c1cc(Cl)ccc1Cl. The maximum Gasteiger partial charge on any atom is 0.0592 e. The van der Waals surface area contributed by atoms with E-state index in [4.69, 9.17) is 28.9 Å². The monoisotopic (exact) mass is 305 g/mol. The third-order valence-corrected chi connectivity index (χ3v) is 6.15. The predicted molar refractivity (Wildman–Crippen MR) is 77.7 cm³/mol. The van der Waals surface area contributed by atoms with E-state index in [0.29, 0.717) is 27.4 Å². The number of hydrogen-bond acceptors (Lipinski definition) is 2. The van der Waals surface area contributed by atoms with Crippen molar-refractivity contribution in [2.75, 3.05) is 6.54 Å². The molecule has 3 unspecified atom stereocenters. The lowest BCUT2D eigenvalue weighted by Gasteiger charge is -2.30. The summed E-state index contributed by atoms with van der Waals surface area (Å²) in [6.07, 6.45) is 4.31. The van der Waals surface area contributed by atoms with E-state index in [1.54, 1.807) is 18.2 Å². The molecule has 3 atom stereocenters. The maximum atomic E-state index is 12.7. The van der Waals surface area contributed by atoms with Crippen molar-refractivity contribution in [3.05, 3.63) is 28.2 Å². The third kappa shape index (κ3) is 3.08. The molecule has 5 heteroatoms. The van der Waals surface area contributed by atoms with Crippen LogP contribution in [-0.4, -0.2) is 16.0 Å². The minimum absolute atomic E-state index is 0.111. The van der Waals surface area contributed by atoms with Crippen molar-refractivity contribution in [3.8, 4) is 0 Å². The number of benzene rings is 1. The molecule has 1 saturated carbocycles. The minimum Gasteiger partial charge on any atom is -0.330 e. The molecule has 1 aromatic carbocycles. The van der Waals surface area contributed by atoms with Crippen LogP contribution in [0.1, 0.15) is 25.7 Å². The van der Waals surface area contributed by atoms with Crippen LogP contribution < -0.4 is 5.73 Å². The first-order chi connectivity index (χ1) is 8.63. The van der Waals surface area contributed by atoms with Gasteiger partial charge >= 0.3 is 0 Å². The average Bonchev–Trinajstić information content (AvgIpc) is 2.40. The van der Waals surface area contributed by atoms with Gasteiger partial charge in [-0.1, -0.05) is 36.0 Å². The van der Waals surface area contributed by atoms with Gasteiger partial charge in [-0.3, -0.25) is 4.21 Å². The zero-order valence-electron chi connectivity index (χ0n) is 10.1. The lowest BCUT2D eigenvalue weighted by atomic mass is 9.89. The molecule has 0 aromatic heterocycles. The van der Waals surface area contributed by atoms with E-state index in [1.807, 2.05) is 0 Å². The molecule has 100 valence electrons. The lowest BCUT2D eigenvalue weighted by Crippen LogP contribution is -2.34. The highest BCUT2D eigenvalue weighted by Gasteiger charge is 2.30. The van der Waals surface area contributed by atoms with Crippen molar-refractivity contribution in [2.24, 2.45) is 11.7 Å². The van der Waals surface area contributed by atoms with Crippen LogP contribution in [0.5, 0.6) is 0 Å². The summed E-state index contributed by atoms with van der Waals surface area (Å²) in [6, 6.07) is 5.13. The summed E-state index contributed by atoms with van der Waals surface area (Å²) in [6.45, 7) is 0.592. The van der Waals surface area contributed by atoms with Crippen molar-refractivity contribution in [2.45, 2.75) is 35.8 Å². The van der Waals surface area contributed by atoms with Crippen LogP contribution in [-0.2, 0) is 10.8 Å². The Balaban J connectivity index is 2.26. The largest absolute Gasteiger partial charge is 0.330 e. The lowest BCUT2D eigenvalue weighted by molar-refractivity contribution is 0.372. The van der Waals surface area contributed by atoms with Crippen molar-refractivity contribution in [1.29, 1.82) is 0 Å². The first-order valence-corrected chi connectivity index (χ1v) is 8.16. The molecule has 0 spiro atoms. The Bertz CT molecular complexity index is 453. The van der Waals surface area contributed by atoms with E-state index >= 15 is 0 Å². The van der Waals surface area contributed by atoms with Crippen molar-refractivity contribution >= 4 is 34.0 Å². The van der Waals surface area contributed by atoms with Crippen LogP contribution in [0.25, 0.3) is 0 Å². The van der Waals surface area contributed by atoms with E-state index in [1.165, 1.54) is 6.42 Å². The molecule has 0 aliphatic heterocycles. The molecule has 0 bridgehead atoms. The van der Waals surface area contributed by atoms with E-state index in [0.717, 1.165) is 19.3 Å². The van der Waals surface area contributed by atoms with Gasteiger partial charge in [-0.2, -0.15) is 0 Å². The molecule has 1 aliphatic rings. The molecule has 0 radical (unpaired) electrons. The fourth-order valence-corrected chi connectivity index (χ4v) is 4.91. The molecule has 2 nitrogen and oxygen atoms in total. The Labute approximate surface area is 120 Å². The van der Waals surface area contributed by atoms with E-state index in [2.05, 4.69) is 0 Å². The fraction of sp³-hybridized carbons (Fsp3) is 0.538. The van der Waals surface area contributed by atoms with Crippen LogP contribution in [0.4, 0.5) is 0 Å². The van der Waals surface area contributed by atoms with E-state index in [9.17, 15) is 4.21 Å². The summed E-state index contributed by atoms with van der Waals surface area (Å²) < 4.78 is 12.7. The number of halogens is 2. The zero-order valence-corrected chi connectivity index (χ0v) is 12.4. The summed E-state index contributed by atoms with van der Waals surface area (Å²) in [5.41, 5.74) is 5.78. The second-order valence-electron chi connectivity index (χ2n) is 4.69. The second-order valence-corrected chi connectivity index (χ2v) is 7.17. The molecule has 0 heterocycles. The van der Waals surface area contributed by atoms with E-state index < -0.39 is 10.8 Å². The van der Waals surface area contributed by atoms with Gasteiger partial charge in [-0.15, -0.1) is 0 Å². The standard InChI is InChI=1S/C13H17Cl2NOS/c14-10-5-6-11(15)13(7-10)18(17)12-4-2-1-3-9(12)8-16/h5-7,9,12H,1-4,8,16H2. The van der Waals surface area contributed by atoms with Gasteiger partial charge < -0.3 is 5.73 Å². The van der Waals surface area contributed by atoms with Crippen LogP contribution in [0.2, 0.25) is 10.0 Å². The topological polar surface area (TPSA) is 43.1 Å². The summed E-state index contributed by atoms with van der Waals surface area (Å²) >= 11 is 12.1. The average molecular weight is 306 g/mol. The summed E-state index contributed by atoms with van der Waals surface area (Å²) in [5.74, 6) is 0.328. The van der Waals surface area contributed by atoms with Gasteiger partial charge in [0, 0.05) is 10.3 Å². The highest BCUT2D eigenvalue weighted by atomic mass is 35.5. The third-order valence-electron chi connectivity index (χ3n) is 3.53. The fourth-order valence-electron chi connectivity index (χ4n) is 2.52. The first-order valence-electron chi connectivity index (χ1n) is 6.19. The van der Waals surface area contributed by atoms with Gasteiger partial charge in [-0.05, 0) is 43.5 Å². The highest BCUT2D eigenvalue weighted by molar-refractivity contribution is 7.85. The molecule has 0 amide bonds. The second kappa shape index (κ2) is 6.38.